The molecular formula is C16H23N3O4S2. The molecule has 0 atom stereocenters. The highest BCUT2D eigenvalue weighted by molar-refractivity contribution is 7.98. The number of benzene rings is 1. The summed E-state index contributed by atoms with van der Waals surface area (Å²) in [6.07, 6.45) is 2.56. The second-order valence-corrected chi connectivity index (χ2v) is 8.76. The van der Waals surface area contributed by atoms with Crippen LogP contribution in [0.4, 0.5) is 0 Å². The first-order valence-corrected chi connectivity index (χ1v) is 10.8. The molecule has 1 aliphatic heterocycles. The molecule has 0 radical (unpaired) electrons. The van der Waals surface area contributed by atoms with Crippen molar-refractivity contribution in [2.24, 2.45) is 0 Å². The van der Waals surface area contributed by atoms with E-state index < -0.39 is 21.8 Å². The molecule has 1 aliphatic rings. The number of sulfonamides is 1. The summed E-state index contributed by atoms with van der Waals surface area (Å²) in [6, 6.07) is 5.91. The Hall–Kier alpha value is -1.58. The van der Waals surface area contributed by atoms with Crippen LogP contribution in [0.25, 0.3) is 0 Å². The van der Waals surface area contributed by atoms with E-state index in [9.17, 15) is 18.0 Å². The monoisotopic (exact) mass is 385 g/mol. The minimum Gasteiger partial charge on any atom is -0.347 e. The van der Waals surface area contributed by atoms with Gasteiger partial charge < -0.3 is 10.6 Å². The van der Waals surface area contributed by atoms with Gasteiger partial charge in [0.05, 0.1) is 5.75 Å². The van der Waals surface area contributed by atoms with E-state index in [2.05, 4.69) is 10.6 Å². The van der Waals surface area contributed by atoms with Crippen LogP contribution < -0.4 is 10.6 Å². The maximum atomic E-state index is 11.9. The van der Waals surface area contributed by atoms with Gasteiger partial charge in [-0.2, -0.15) is 0 Å². The highest BCUT2D eigenvalue weighted by Gasteiger charge is 2.27. The fourth-order valence-corrected chi connectivity index (χ4v) is 4.81. The van der Waals surface area contributed by atoms with E-state index in [4.69, 9.17) is 0 Å². The van der Waals surface area contributed by atoms with Gasteiger partial charge in [-0.25, -0.2) is 12.7 Å². The molecule has 1 aromatic rings. The molecule has 138 valence electrons. The second kappa shape index (κ2) is 8.68. The van der Waals surface area contributed by atoms with Gasteiger partial charge in [0.25, 0.3) is 0 Å². The standard InChI is InChI=1S/C16H23N3O4S2/c1-12-4-5-13(14(10-12)24-2)11-18-16(21)15(20)17-6-8-19-7-3-9-25(19,22)23/h4-5,10H,3,6-9,11H2,1-2H3,(H,17,20)(H,18,21). The molecule has 0 bridgehead atoms. The van der Waals surface area contributed by atoms with Crippen molar-refractivity contribution < 1.29 is 18.0 Å². The van der Waals surface area contributed by atoms with Crippen LogP contribution in [-0.4, -0.2) is 56.2 Å². The number of nitrogens with one attached hydrogen (secondary N) is 2. The van der Waals surface area contributed by atoms with E-state index in [1.165, 1.54) is 4.31 Å². The maximum absolute atomic E-state index is 11.9. The zero-order chi connectivity index (χ0) is 18.4. The third-order valence-corrected chi connectivity index (χ3v) is 6.71. The molecule has 0 saturated carbocycles. The van der Waals surface area contributed by atoms with Crippen molar-refractivity contribution in [2.45, 2.75) is 24.8 Å². The van der Waals surface area contributed by atoms with Crippen molar-refractivity contribution in [3.8, 4) is 0 Å². The molecule has 2 N–H and O–H groups in total. The predicted molar refractivity (Wildman–Crippen MR) is 97.8 cm³/mol. The zero-order valence-electron chi connectivity index (χ0n) is 14.4. The zero-order valence-corrected chi connectivity index (χ0v) is 16.0. The number of aryl methyl sites for hydroxylation is 1. The molecule has 0 unspecified atom stereocenters. The number of carbonyl (C=O) groups excluding carboxylic acids is 2. The number of nitrogens with zero attached hydrogens (tertiary/aromatic N) is 1. The minimum absolute atomic E-state index is 0.117. The van der Waals surface area contributed by atoms with Gasteiger partial charge >= 0.3 is 11.8 Å². The van der Waals surface area contributed by atoms with E-state index >= 15 is 0 Å². The van der Waals surface area contributed by atoms with Crippen LogP contribution in [0.15, 0.2) is 23.1 Å². The summed E-state index contributed by atoms with van der Waals surface area (Å²) < 4.78 is 24.6. The van der Waals surface area contributed by atoms with E-state index in [-0.39, 0.29) is 25.4 Å². The fourth-order valence-electron chi connectivity index (χ4n) is 2.57. The molecule has 0 aromatic heterocycles. The lowest BCUT2D eigenvalue weighted by Crippen LogP contribution is -2.43. The van der Waals surface area contributed by atoms with Gasteiger partial charge in [0.1, 0.15) is 0 Å². The summed E-state index contributed by atoms with van der Waals surface area (Å²) in [7, 11) is -3.18. The summed E-state index contributed by atoms with van der Waals surface area (Å²) in [4.78, 5) is 24.7. The van der Waals surface area contributed by atoms with E-state index in [1.54, 1.807) is 11.8 Å². The Labute approximate surface area is 152 Å². The van der Waals surface area contributed by atoms with Crippen molar-refractivity contribution in [1.29, 1.82) is 0 Å². The Morgan fingerprint density at radius 1 is 1.24 bits per heavy atom. The first kappa shape index (κ1) is 19.7. The van der Waals surface area contributed by atoms with Gasteiger partial charge in [0, 0.05) is 31.1 Å². The summed E-state index contributed by atoms with van der Waals surface area (Å²) in [5.74, 6) is -1.33. The van der Waals surface area contributed by atoms with Crippen molar-refractivity contribution in [1.82, 2.24) is 14.9 Å². The van der Waals surface area contributed by atoms with Crippen LogP contribution in [-0.2, 0) is 26.2 Å². The van der Waals surface area contributed by atoms with Crippen LogP contribution in [0.1, 0.15) is 17.5 Å². The van der Waals surface area contributed by atoms with Gasteiger partial charge in [-0.05, 0) is 36.8 Å². The summed E-state index contributed by atoms with van der Waals surface area (Å²) in [5.41, 5.74) is 2.08. The molecule has 1 aromatic carbocycles. The largest absolute Gasteiger partial charge is 0.347 e. The Morgan fingerprint density at radius 3 is 2.60 bits per heavy atom. The number of rotatable bonds is 6. The molecule has 0 aliphatic carbocycles. The minimum atomic E-state index is -3.18. The van der Waals surface area contributed by atoms with E-state index in [0.29, 0.717) is 13.0 Å². The summed E-state index contributed by atoms with van der Waals surface area (Å²) >= 11 is 1.58. The first-order valence-electron chi connectivity index (χ1n) is 8.01. The van der Waals surface area contributed by atoms with Gasteiger partial charge in [-0.1, -0.05) is 12.1 Å². The molecule has 2 amide bonds. The van der Waals surface area contributed by atoms with Crippen molar-refractivity contribution in [3.05, 3.63) is 29.3 Å². The summed E-state index contributed by atoms with van der Waals surface area (Å²) in [6.45, 7) is 3.04. The SMILES string of the molecule is CSc1cc(C)ccc1CNC(=O)C(=O)NCCN1CCCS1(=O)=O. The Bertz CT molecular complexity index is 750. The Balaban J connectivity index is 1.78. The van der Waals surface area contributed by atoms with Gasteiger partial charge in [-0.15, -0.1) is 11.8 Å². The lowest BCUT2D eigenvalue weighted by atomic mass is 10.1. The lowest BCUT2D eigenvalue weighted by Gasteiger charge is -2.14. The fraction of sp³-hybridized carbons (Fsp3) is 0.500. The smallest absolute Gasteiger partial charge is 0.309 e. The topological polar surface area (TPSA) is 95.6 Å². The number of hydrogen-bond acceptors (Lipinski definition) is 5. The number of amides is 2. The predicted octanol–water partition coefficient (Wildman–Crippen LogP) is 0.485. The summed E-state index contributed by atoms with van der Waals surface area (Å²) in [5, 5.41) is 5.05. The van der Waals surface area contributed by atoms with Gasteiger partial charge in [0.15, 0.2) is 0 Å². The third kappa shape index (κ3) is 5.45. The molecule has 1 fully saturated rings. The van der Waals surface area contributed by atoms with Crippen LogP contribution in [0, 0.1) is 6.92 Å². The van der Waals surface area contributed by atoms with E-state index in [0.717, 1.165) is 16.0 Å². The van der Waals surface area contributed by atoms with Gasteiger partial charge in [-0.3, -0.25) is 9.59 Å². The maximum Gasteiger partial charge on any atom is 0.309 e. The van der Waals surface area contributed by atoms with Crippen LogP contribution in [0.2, 0.25) is 0 Å². The molecule has 1 heterocycles. The average Bonchev–Trinajstić information content (AvgIpc) is 2.91. The molecule has 2 rings (SSSR count). The second-order valence-electron chi connectivity index (χ2n) is 5.82. The molecule has 7 nitrogen and oxygen atoms in total. The van der Waals surface area contributed by atoms with Gasteiger partial charge in [0.2, 0.25) is 10.0 Å². The highest BCUT2D eigenvalue weighted by atomic mass is 32.2. The number of carbonyl (C=O) groups is 2. The Morgan fingerprint density at radius 2 is 1.96 bits per heavy atom. The normalized spacial score (nSPS) is 16.6. The number of hydrogen-bond donors (Lipinski definition) is 2. The third-order valence-electron chi connectivity index (χ3n) is 3.94. The number of thioether (sulfide) groups is 1. The Kier molecular flexibility index (Phi) is 6.86. The highest BCUT2D eigenvalue weighted by Crippen LogP contribution is 2.21. The first-order chi connectivity index (χ1) is 11.8. The molecular weight excluding hydrogens is 362 g/mol. The van der Waals surface area contributed by atoms with Crippen LogP contribution >= 0.6 is 11.8 Å². The molecule has 9 heteroatoms. The van der Waals surface area contributed by atoms with Crippen LogP contribution in [0.3, 0.4) is 0 Å². The molecule has 1 saturated heterocycles. The van der Waals surface area contributed by atoms with Crippen molar-refractivity contribution in [3.63, 3.8) is 0 Å². The van der Waals surface area contributed by atoms with E-state index in [1.807, 2.05) is 31.4 Å². The quantitative estimate of drug-likeness (QED) is 0.549. The van der Waals surface area contributed by atoms with Crippen molar-refractivity contribution >= 4 is 33.6 Å². The van der Waals surface area contributed by atoms with Crippen LogP contribution in [0.5, 0.6) is 0 Å². The lowest BCUT2D eigenvalue weighted by molar-refractivity contribution is -0.139. The molecule has 0 spiro atoms. The average molecular weight is 386 g/mol. The van der Waals surface area contributed by atoms with Crippen molar-refractivity contribution in [2.75, 3.05) is 31.6 Å². The molecule has 25 heavy (non-hydrogen) atoms.